The molecule has 0 aliphatic rings. The first-order valence-corrected chi connectivity index (χ1v) is 9.46. The van der Waals surface area contributed by atoms with Crippen LogP contribution in [0.2, 0.25) is 0 Å². The van der Waals surface area contributed by atoms with Crippen molar-refractivity contribution in [3.63, 3.8) is 0 Å². The van der Waals surface area contributed by atoms with Gasteiger partial charge in [0.1, 0.15) is 11.5 Å². The maximum Gasteiger partial charge on any atom is 0.338 e. The first kappa shape index (κ1) is 21.9. The Morgan fingerprint density at radius 3 is 2.17 bits per heavy atom. The SMILES string of the molecule is CCN(CC)C(=O)CN(C)C(=O)COC(=O)c1cccc(Oc2ccccc2)c1. The summed E-state index contributed by atoms with van der Waals surface area (Å²) in [6.45, 7) is 4.41. The zero-order chi connectivity index (χ0) is 21.2. The first-order chi connectivity index (χ1) is 13.9. The number of hydrogen-bond donors (Lipinski definition) is 0. The van der Waals surface area contributed by atoms with E-state index in [2.05, 4.69) is 0 Å². The fourth-order valence-electron chi connectivity index (χ4n) is 2.60. The molecule has 0 aliphatic carbocycles. The predicted molar refractivity (Wildman–Crippen MR) is 109 cm³/mol. The van der Waals surface area contributed by atoms with Gasteiger partial charge in [-0.3, -0.25) is 9.59 Å². The lowest BCUT2D eigenvalue weighted by molar-refractivity contribution is -0.140. The molecule has 0 saturated heterocycles. The molecule has 154 valence electrons. The molecule has 0 heterocycles. The highest BCUT2D eigenvalue weighted by Gasteiger charge is 2.18. The molecule has 0 spiro atoms. The maximum absolute atomic E-state index is 12.3. The van der Waals surface area contributed by atoms with E-state index in [0.717, 1.165) is 0 Å². The summed E-state index contributed by atoms with van der Waals surface area (Å²) < 4.78 is 10.8. The van der Waals surface area contributed by atoms with Crippen molar-refractivity contribution in [1.29, 1.82) is 0 Å². The monoisotopic (exact) mass is 398 g/mol. The van der Waals surface area contributed by atoms with Crippen LogP contribution in [-0.2, 0) is 14.3 Å². The van der Waals surface area contributed by atoms with E-state index in [0.29, 0.717) is 24.6 Å². The summed E-state index contributed by atoms with van der Waals surface area (Å²) in [4.78, 5) is 39.4. The second-order valence-electron chi connectivity index (χ2n) is 6.33. The van der Waals surface area contributed by atoms with Gasteiger partial charge in [-0.25, -0.2) is 4.79 Å². The van der Waals surface area contributed by atoms with Crippen molar-refractivity contribution >= 4 is 17.8 Å². The number of ether oxygens (including phenoxy) is 2. The summed E-state index contributed by atoms with van der Waals surface area (Å²) in [5.74, 6) is -0.106. The molecule has 0 aromatic heterocycles. The zero-order valence-electron chi connectivity index (χ0n) is 17.0. The van der Waals surface area contributed by atoms with Crippen LogP contribution in [0.5, 0.6) is 11.5 Å². The number of benzene rings is 2. The van der Waals surface area contributed by atoms with Gasteiger partial charge in [0.2, 0.25) is 5.91 Å². The molecule has 2 amide bonds. The lowest BCUT2D eigenvalue weighted by atomic mass is 10.2. The summed E-state index contributed by atoms with van der Waals surface area (Å²) in [5.41, 5.74) is 0.271. The number of carbonyl (C=O) groups excluding carboxylic acids is 3. The van der Waals surface area contributed by atoms with Crippen molar-refractivity contribution in [2.75, 3.05) is 33.3 Å². The molecule has 0 N–H and O–H groups in total. The fourth-order valence-corrected chi connectivity index (χ4v) is 2.60. The van der Waals surface area contributed by atoms with E-state index >= 15 is 0 Å². The summed E-state index contributed by atoms with van der Waals surface area (Å²) in [5, 5.41) is 0. The molecular weight excluding hydrogens is 372 g/mol. The van der Waals surface area contributed by atoms with Crippen LogP contribution in [0.4, 0.5) is 0 Å². The quantitative estimate of drug-likeness (QED) is 0.607. The first-order valence-electron chi connectivity index (χ1n) is 9.46. The van der Waals surface area contributed by atoms with Crippen molar-refractivity contribution < 1.29 is 23.9 Å². The molecule has 0 radical (unpaired) electrons. The topological polar surface area (TPSA) is 76.2 Å². The Hall–Kier alpha value is -3.35. The number of nitrogens with zero attached hydrogens (tertiary/aromatic N) is 2. The van der Waals surface area contributed by atoms with E-state index in [-0.39, 0.29) is 18.0 Å². The number of hydrogen-bond acceptors (Lipinski definition) is 5. The van der Waals surface area contributed by atoms with Crippen LogP contribution in [0.1, 0.15) is 24.2 Å². The second-order valence-corrected chi connectivity index (χ2v) is 6.33. The third-order valence-electron chi connectivity index (χ3n) is 4.29. The van der Waals surface area contributed by atoms with Crippen LogP contribution in [0.25, 0.3) is 0 Å². The number of carbonyl (C=O) groups is 3. The third-order valence-corrected chi connectivity index (χ3v) is 4.29. The van der Waals surface area contributed by atoms with Gasteiger partial charge in [-0.05, 0) is 44.2 Å². The Balaban J connectivity index is 1.89. The lowest BCUT2D eigenvalue weighted by Crippen LogP contribution is -2.42. The Labute approximate surface area is 170 Å². The van der Waals surface area contributed by atoms with E-state index in [4.69, 9.17) is 9.47 Å². The van der Waals surface area contributed by atoms with E-state index in [1.807, 2.05) is 32.0 Å². The van der Waals surface area contributed by atoms with Crippen LogP contribution < -0.4 is 4.74 Å². The summed E-state index contributed by atoms with van der Waals surface area (Å²) >= 11 is 0. The lowest BCUT2D eigenvalue weighted by Gasteiger charge is -2.23. The van der Waals surface area contributed by atoms with Crippen molar-refractivity contribution in [2.24, 2.45) is 0 Å². The minimum absolute atomic E-state index is 0.0571. The van der Waals surface area contributed by atoms with Gasteiger partial charge in [-0.2, -0.15) is 0 Å². The van der Waals surface area contributed by atoms with Gasteiger partial charge in [-0.1, -0.05) is 24.3 Å². The van der Waals surface area contributed by atoms with E-state index in [1.54, 1.807) is 41.3 Å². The Kier molecular flexibility index (Phi) is 8.21. The third kappa shape index (κ3) is 6.64. The summed E-state index contributed by atoms with van der Waals surface area (Å²) in [6, 6.07) is 15.7. The van der Waals surface area contributed by atoms with Gasteiger partial charge >= 0.3 is 5.97 Å². The predicted octanol–water partition coefficient (Wildman–Crippen LogP) is 2.96. The van der Waals surface area contributed by atoms with E-state index < -0.39 is 18.5 Å². The molecule has 2 aromatic rings. The standard InChI is InChI=1S/C22H26N2O5/c1-4-24(5-2)20(25)15-23(3)21(26)16-28-22(27)17-10-9-13-19(14-17)29-18-11-7-6-8-12-18/h6-14H,4-5,15-16H2,1-3H3. The number of para-hydroxylation sites is 1. The van der Waals surface area contributed by atoms with Crippen LogP contribution in [0.3, 0.4) is 0 Å². The van der Waals surface area contributed by atoms with Crippen LogP contribution >= 0.6 is 0 Å². The second kappa shape index (κ2) is 10.8. The average molecular weight is 398 g/mol. The van der Waals surface area contributed by atoms with Crippen molar-refractivity contribution in [1.82, 2.24) is 9.80 Å². The number of amides is 2. The van der Waals surface area contributed by atoms with Crippen LogP contribution in [-0.4, -0.2) is 60.9 Å². The minimum atomic E-state index is -0.639. The van der Waals surface area contributed by atoms with E-state index in [9.17, 15) is 14.4 Å². The summed E-state index contributed by atoms with van der Waals surface area (Å²) in [6.07, 6.45) is 0. The molecule has 2 aromatic carbocycles. The van der Waals surface area contributed by atoms with Gasteiger partial charge in [0.05, 0.1) is 12.1 Å². The molecule has 0 aliphatic heterocycles. The van der Waals surface area contributed by atoms with Gasteiger partial charge in [0.25, 0.3) is 5.91 Å². The molecule has 0 unspecified atom stereocenters. The highest BCUT2D eigenvalue weighted by atomic mass is 16.5. The van der Waals surface area contributed by atoms with Crippen LogP contribution in [0, 0.1) is 0 Å². The molecule has 0 fully saturated rings. The van der Waals surface area contributed by atoms with Crippen LogP contribution in [0.15, 0.2) is 54.6 Å². The van der Waals surface area contributed by atoms with Crippen molar-refractivity contribution in [2.45, 2.75) is 13.8 Å². The Morgan fingerprint density at radius 1 is 0.862 bits per heavy atom. The van der Waals surface area contributed by atoms with Crippen molar-refractivity contribution in [3.05, 3.63) is 60.2 Å². The Bertz CT molecular complexity index is 834. The van der Waals surface area contributed by atoms with Gasteiger partial charge in [0.15, 0.2) is 6.61 Å². The molecule has 0 saturated carbocycles. The van der Waals surface area contributed by atoms with Gasteiger partial charge in [0, 0.05) is 20.1 Å². The van der Waals surface area contributed by atoms with E-state index in [1.165, 1.54) is 11.9 Å². The molecule has 2 rings (SSSR count). The Morgan fingerprint density at radius 2 is 1.52 bits per heavy atom. The number of likely N-dealkylation sites (N-methyl/N-ethyl adjacent to an activating group) is 2. The molecule has 0 atom stereocenters. The molecule has 7 nitrogen and oxygen atoms in total. The minimum Gasteiger partial charge on any atom is -0.457 e. The average Bonchev–Trinajstić information content (AvgIpc) is 2.73. The molecule has 29 heavy (non-hydrogen) atoms. The maximum atomic E-state index is 12.3. The molecule has 0 bridgehead atoms. The number of rotatable bonds is 9. The molecular formula is C22H26N2O5. The van der Waals surface area contributed by atoms with Gasteiger partial charge in [-0.15, -0.1) is 0 Å². The smallest absolute Gasteiger partial charge is 0.338 e. The normalized spacial score (nSPS) is 10.2. The highest BCUT2D eigenvalue weighted by Crippen LogP contribution is 2.22. The zero-order valence-corrected chi connectivity index (χ0v) is 17.0. The van der Waals surface area contributed by atoms with Gasteiger partial charge < -0.3 is 19.3 Å². The van der Waals surface area contributed by atoms with Crippen molar-refractivity contribution in [3.8, 4) is 11.5 Å². The number of esters is 1. The highest BCUT2D eigenvalue weighted by molar-refractivity contribution is 5.92. The summed E-state index contributed by atoms with van der Waals surface area (Å²) in [7, 11) is 1.51. The fraction of sp³-hybridized carbons (Fsp3) is 0.318. The largest absolute Gasteiger partial charge is 0.457 e. The molecule has 7 heteroatoms.